The molecule has 0 amide bonds. The molecular weight excluding hydrogens is 212 g/mol. The lowest BCUT2D eigenvalue weighted by Gasteiger charge is -2.14. The maximum Gasteiger partial charge on any atom is 0.218 e. The number of aromatic nitrogens is 1. The van der Waals surface area contributed by atoms with Crippen molar-refractivity contribution in [1.82, 2.24) is 10.3 Å². The predicted molar refractivity (Wildman–Crippen MR) is 71.2 cm³/mol. The maximum atomic E-state index is 5.68. The molecular formula is C14H24N2O. The van der Waals surface area contributed by atoms with Gasteiger partial charge in [0.25, 0.3) is 0 Å². The summed E-state index contributed by atoms with van der Waals surface area (Å²) in [6, 6.07) is 4.02. The van der Waals surface area contributed by atoms with Crippen LogP contribution in [0.25, 0.3) is 0 Å². The normalized spacial score (nSPS) is 12.8. The van der Waals surface area contributed by atoms with Gasteiger partial charge in [0.15, 0.2) is 0 Å². The first kappa shape index (κ1) is 14.0. The van der Waals surface area contributed by atoms with Gasteiger partial charge in [0.1, 0.15) is 0 Å². The molecule has 1 unspecified atom stereocenters. The van der Waals surface area contributed by atoms with Gasteiger partial charge in [-0.25, -0.2) is 4.98 Å². The summed E-state index contributed by atoms with van der Waals surface area (Å²) in [6.07, 6.45) is 3.14. The highest BCUT2D eigenvalue weighted by molar-refractivity contribution is 5.25. The van der Waals surface area contributed by atoms with E-state index >= 15 is 0 Å². The first-order valence-corrected chi connectivity index (χ1v) is 6.44. The van der Waals surface area contributed by atoms with E-state index < -0.39 is 0 Å². The van der Waals surface area contributed by atoms with Crippen molar-refractivity contribution in [2.75, 3.05) is 6.54 Å². The van der Waals surface area contributed by atoms with Crippen molar-refractivity contribution in [2.24, 2.45) is 5.92 Å². The van der Waals surface area contributed by atoms with Crippen molar-refractivity contribution in [3.63, 3.8) is 0 Å². The fourth-order valence-corrected chi connectivity index (χ4v) is 1.49. The molecule has 1 aromatic heterocycles. The molecule has 0 radical (unpaired) electrons. The smallest absolute Gasteiger partial charge is 0.218 e. The Hall–Kier alpha value is -1.09. The summed E-state index contributed by atoms with van der Waals surface area (Å²) in [5.41, 5.74) is 1.13. The minimum absolute atomic E-state index is 0.165. The second-order valence-corrected chi connectivity index (χ2v) is 4.78. The van der Waals surface area contributed by atoms with Crippen LogP contribution in [0.15, 0.2) is 18.3 Å². The quantitative estimate of drug-likeness (QED) is 0.790. The second-order valence-electron chi connectivity index (χ2n) is 4.78. The molecule has 0 saturated heterocycles. The highest BCUT2D eigenvalue weighted by Gasteiger charge is 2.06. The van der Waals surface area contributed by atoms with Gasteiger partial charge < -0.3 is 10.1 Å². The van der Waals surface area contributed by atoms with Gasteiger partial charge in [-0.1, -0.05) is 26.3 Å². The van der Waals surface area contributed by atoms with Crippen molar-refractivity contribution < 1.29 is 4.74 Å². The van der Waals surface area contributed by atoms with Crippen LogP contribution in [-0.2, 0) is 6.54 Å². The molecule has 3 nitrogen and oxygen atoms in total. The van der Waals surface area contributed by atoms with Crippen LogP contribution in [0.5, 0.6) is 5.88 Å². The number of nitrogens with zero attached hydrogens (tertiary/aromatic N) is 1. The molecule has 0 spiro atoms. The van der Waals surface area contributed by atoms with E-state index in [2.05, 4.69) is 30.2 Å². The van der Waals surface area contributed by atoms with E-state index in [-0.39, 0.29) is 6.10 Å². The number of hydrogen-bond acceptors (Lipinski definition) is 3. The summed E-state index contributed by atoms with van der Waals surface area (Å²) in [5, 5.41) is 3.45. The minimum Gasteiger partial charge on any atom is -0.475 e. The Labute approximate surface area is 105 Å². The molecule has 0 saturated carbocycles. The van der Waals surface area contributed by atoms with E-state index in [4.69, 9.17) is 4.74 Å². The molecule has 1 aromatic rings. The van der Waals surface area contributed by atoms with Crippen molar-refractivity contribution in [2.45, 2.75) is 46.8 Å². The average Bonchev–Trinajstić information content (AvgIpc) is 2.30. The Kier molecular flexibility index (Phi) is 5.98. The number of nitrogens with one attached hydrogen (secondary N) is 1. The lowest BCUT2D eigenvalue weighted by Crippen LogP contribution is -2.21. The van der Waals surface area contributed by atoms with Gasteiger partial charge in [0, 0.05) is 18.3 Å². The summed E-state index contributed by atoms with van der Waals surface area (Å²) >= 11 is 0. The molecule has 3 heteroatoms. The summed E-state index contributed by atoms with van der Waals surface area (Å²) in [5.74, 6) is 1.46. The Morgan fingerprint density at radius 3 is 2.76 bits per heavy atom. The SMILES string of the molecule is CCC(C)CNCc1cccnc1OC(C)C. The largest absolute Gasteiger partial charge is 0.475 e. The fourth-order valence-electron chi connectivity index (χ4n) is 1.49. The molecule has 0 aromatic carbocycles. The van der Waals surface area contributed by atoms with Crippen LogP contribution >= 0.6 is 0 Å². The van der Waals surface area contributed by atoms with Crippen LogP contribution in [0.3, 0.4) is 0 Å². The molecule has 1 rings (SSSR count). The molecule has 0 aliphatic carbocycles. The van der Waals surface area contributed by atoms with Gasteiger partial charge >= 0.3 is 0 Å². The van der Waals surface area contributed by atoms with Crippen molar-refractivity contribution in [1.29, 1.82) is 0 Å². The number of pyridine rings is 1. The van der Waals surface area contributed by atoms with Crippen LogP contribution in [0.4, 0.5) is 0 Å². The molecule has 0 aliphatic heterocycles. The van der Waals surface area contributed by atoms with Crippen LogP contribution in [0, 0.1) is 5.92 Å². The minimum atomic E-state index is 0.165. The fraction of sp³-hybridized carbons (Fsp3) is 0.643. The maximum absolute atomic E-state index is 5.68. The molecule has 1 N–H and O–H groups in total. The van der Waals surface area contributed by atoms with Gasteiger partial charge in [-0.05, 0) is 32.4 Å². The highest BCUT2D eigenvalue weighted by atomic mass is 16.5. The molecule has 1 atom stereocenters. The zero-order chi connectivity index (χ0) is 12.7. The average molecular weight is 236 g/mol. The number of rotatable bonds is 7. The lowest BCUT2D eigenvalue weighted by molar-refractivity contribution is 0.229. The third-order valence-electron chi connectivity index (χ3n) is 2.70. The second kappa shape index (κ2) is 7.28. The Balaban J connectivity index is 2.51. The van der Waals surface area contributed by atoms with Gasteiger partial charge in [0.05, 0.1) is 6.10 Å². The van der Waals surface area contributed by atoms with E-state index in [9.17, 15) is 0 Å². The van der Waals surface area contributed by atoms with Gasteiger partial charge in [0.2, 0.25) is 5.88 Å². The third-order valence-corrected chi connectivity index (χ3v) is 2.70. The van der Waals surface area contributed by atoms with Crippen molar-refractivity contribution in [3.05, 3.63) is 23.9 Å². The van der Waals surface area contributed by atoms with E-state index in [1.54, 1.807) is 6.20 Å². The van der Waals surface area contributed by atoms with Crippen molar-refractivity contribution in [3.8, 4) is 5.88 Å². The van der Waals surface area contributed by atoms with Gasteiger partial charge in [-0.2, -0.15) is 0 Å². The molecule has 17 heavy (non-hydrogen) atoms. The molecule has 96 valence electrons. The monoisotopic (exact) mass is 236 g/mol. The van der Waals surface area contributed by atoms with Crippen LogP contribution < -0.4 is 10.1 Å². The zero-order valence-electron chi connectivity index (χ0n) is 11.4. The first-order valence-electron chi connectivity index (χ1n) is 6.44. The lowest BCUT2D eigenvalue weighted by atomic mass is 10.1. The van der Waals surface area contributed by atoms with Crippen LogP contribution in [0.1, 0.15) is 39.7 Å². The molecule has 0 aliphatic rings. The number of hydrogen-bond donors (Lipinski definition) is 1. The number of ether oxygens (including phenoxy) is 1. The van der Waals surface area contributed by atoms with E-state index in [1.807, 2.05) is 19.9 Å². The first-order chi connectivity index (χ1) is 8.13. The van der Waals surface area contributed by atoms with E-state index in [0.29, 0.717) is 5.92 Å². The van der Waals surface area contributed by atoms with Crippen molar-refractivity contribution >= 4 is 0 Å². The van der Waals surface area contributed by atoms with E-state index in [0.717, 1.165) is 24.5 Å². The van der Waals surface area contributed by atoms with Crippen LogP contribution in [0.2, 0.25) is 0 Å². The van der Waals surface area contributed by atoms with Crippen LogP contribution in [-0.4, -0.2) is 17.6 Å². The van der Waals surface area contributed by atoms with E-state index in [1.165, 1.54) is 6.42 Å². The Morgan fingerprint density at radius 2 is 2.12 bits per heavy atom. The van der Waals surface area contributed by atoms with Gasteiger partial charge in [-0.15, -0.1) is 0 Å². The summed E-state index contributed by atoms with van der Waals surface area (Å²) in [7, 11) is 0. The topological polar surface area (TPSA) is 34.2 Å². The summed E-state index contributed by atoms with van der Waals surface area (Å²) in [6.45, 7) is 10.4. The molecule has 0 fully saturated rings. The molecule has 1 heterocycles. The third kappa shape index (κ3) is 5.18. The summed E-state index contributed by atoms with van der Waals surface area (Å²) < 4.78 is 5.68. The summed E-state index contributed by atoms with van der Waals surface area (Å²) in [4.78, 5) is 4.27. The Morgan fingerprint density at radius 1 is 1.35 bits per heavy atom. The predicted octanol–water partition coefficient (Wildman–Crippen LogP) is 3.00. The zero-order valence-corrected chi connectivity index (χ0v) is 11.4. The highest BCUT2D eigenvalue weighted by Crippen LogP contribution is 2.15. The standard InChI is InChI=1S/C14H24N2O/c1-5-12(4)9-15-10-13-7-6-8-16-14(13)17-11(2)3/h6-8,11-12,15H,5,9-10H2,1-4H3. The van der Waals surface area contributed by atoms with Gasteiger partial charge in [-0.3, -0.25) is 0 Å². The molecule has 0 bridgehead atoms. The Bertz CT molecular complexity index is 326.